The van der Waals surface area contributed by atoms with Crippen molar-refractivity contribution in [1.82, 2.24) is 29.5 Å². The van der Waals surface area contributed by atoms with E-state index >= 15 is 0 Å². The largest absolute Gasteiger partial charge is 0.342 e. The summed E-state index contributed by atoms with van der Waals surface area (Å²) in [6.45, 7) is 4.81. The topological polar surface area (TPSA) is 67.2 Å². The summed E-state index contributed by atoms with van der Waals surface area (Å²) in [5.41, 5.74) is 0.977. The standard InChI is InChI=1S/C21H30N6O/c1-25-19(16-26-10-3-2-4-11-26)23-24-21(25)18-7-12-27(13-8-18)20(28)14-17-6-5-9-22-15-17/h5-6,9,15,18H,2-4,7-8,10-14,16H2,1H3. The van der Waals surface area contributed by atoms with E-state index < -0.39 is 0 Å². The first kappa shape index (κ1) is 19.1. The summed E-state index contributed by atoms with van der Waals surface area (Å²) >= 11 is 0. The summed E-state index contributed by atoms with van der Waals surface area (Å²) in [5, 5.41) is 9.00. The van der Waals surface area contributed by atoms with Crippen LogP contribution in [0.15, 0.2) is 24.5 Å². The van der Waals surface area contributed by atoms with Gasteiger partial charge in [-0.2, -0.15) is 0 Å². The van der Waals surface area contributed by atoms with Crippen molar-refractivity contribution in [1.29, 1.82) is 0 Å². The van der Waals surface area contributed by atoms with Gasteiger partial charge < -0.3 is 9.47 Å². The fraction of sp³-hybridized carbons (Fsp3) is 0.619. The Hall–Kier alpha value is -2.28. The van der Waals surface area contributed by atoms with Crippen molar-refractivity contribution in [3.63, 3.8) is 0 Å². The van der Waals surface area contributed by atoms with E-state index in [1.54, 1.807) is 12.4 Å². The Morgan fingerprint density at radius 3 is 2.61 bits per heavy atom. The molecule has 2 aromatic heterocycles. The third-order valence-electron chi connectivity index (χ3n) is 6.10. The van der Waals surface area contributed by atoms with Crippen LogP contribution < -0.4 is 0 Å². The number of hydrogen-bond donors (Lipinski definition) is 0. The smallest absolute Gasteiger partial charge is 0.227 e. The van der Waals surface area contributed by atoms with Gasteiger partial charge in [-0.15, -0.1) is 10.2 Å². The van der Waals surface area contributed by atoms with E-state index in [1.165, 1.54) is 32.4 Å². The molecule has 4 heterocycles. The van der Waals surface area contributed by atoms with Crippen LogP contribution in [0.1, 0.15) is 55.2 Å². The van der Waals surface area contributed by atoms with Crippen LogP contribution in [0.3, 0.4) is 0 Å². The summed E-state index contributed by atoms with van der Waals surface area (Å²) in [6, 6.07) is 3.84. The Kier molecular flexibility index (Phi) is 6.00. The van der Waals surface area contributed by atoms with Crippen molar-refractivity contribution >= 4 is 5.91 Å². The number of piperidine rings is 2. The minimum Gasteiger partial charge on any atom is -0.342 e. The van der Waals surface area contributed by atoms with E-state index in [0.717, 1.165) is 49.7 Å². The minimum atomic E-state index is 0.190. The Bertz CT molecular complexity index is 775. The van der Waals surface area contributed by atoms with Crippen molar-refractivity contribution in [2.45, 2.75) is 51.0 Å². The molecule has 0 spiro atoms. The number of carbonyl (C=O) groups excluding carboxylic acids is 1. The molecule has 4 rings (SSSR count). The molecule has 150 valence electrons. The van der Waals surface area contributed by atoms with Crippen molar-refractivity contribution < 1.29 is 4.79 Å². The fourth-order valence-electron chi connectivity index (χ4n) is 4.36. The van der Waals surface area contributed by atoms with E-state index in [1.807, 2.05) is 17.0 Å². The van der Waals surface area contributed by atoms with Crippen LogP contribution in [0.5, 0.6) is 0 Å². The van der Waals surface area contributed by atoms with E-state index in [2.05, 4.69) is 31.7 Å². The van der Waals surface area contributed by atoms with Crippen molar-refractivity contribution in [2.24, 2.45) is 7.05 Å². The molecule has 2 fully saturated rings. The average molecular weight is 383 g/mol. The summed E-state index contributed by atoms with van der Waals surface area (Å²) in [7, 11) is 2.09. The first-order valence-electron chi connectivity index (χ1n) is 10.5. The molecule has 0 radical (unpaired) electrons. The van der Waals surface area contributed by atoms with Gasteiger partial charge in [0, 0.05) is 38.4 Å². The molecule has 2 aliphatic heterocycles. The highest BCUT2D eigenvalue weighted by atomic mass is 16.2. The van der Waals surface area contributed by atoms with Crippen molar-refractivity contribution in [3.05, 3.63) is 41.7 Å². The summed E-state index contributed by atoms with van der Waals surface area (Å²) < 4.78 is 2.19. The molecule has 0 atom stereocenters. The van der Waals surface area contributed by atoms with Crippen LogP contribution in [0.2, 0.25) is 0 Å². The molecule has 0 N–H and O–H groups in total. The van der Waals surface area contributed by atoms with E-state index in [9.17, 15) is 4.79 Å². The normalized spacial score (nSPS) is 19.1. The SMILES string of the molecule is Cn1c(CN2CCCCC2)nnc1C1CCN(C(=O)Cc2cccnc2)CC1. The molecule has 7 heteroatoms. The van der Waals surface area contributed by atoms with Gasteiger partial charge in [0.25, 0.3) is 0 Å². The second-order valence-electron chi connectivity index (χ2n) is 8.06. The third-order valence-corrected chi connectivity index (χ3v) is 6.10. The molecule has 2 aromatic rings. The number of likely N-dealkylation sites (tertiary alicyclic amines) is 2. The molecule has 2 saturated heterocycles. The molecule has 0 unspecified atom stereocenters. The lowest BCUT2D eigenvalue weighted by atomic mass is 9.95. The number of hydrogen-bond acceptors (Lipinski definition) is 5. The van der Waals surface area contributed by atoms with E-state index in [-0.39, 0.29) is 5.91 Å². The van der Waals surface area contributed by atoms with E-state index in [4.69, 9.17) is 0 Å². The maximum absolute atomic E-state index is 12.6. The average Bonchev–Trinajstić information content (AvgIpc) is 3.10. The van der Waals surface area contributed by atoms with Gasteiger partial charge >= 0.3 is 0 Å². The maximum Gasteiger partial charge on any atom is 0.227 e. The predicted octanol–water partition coefficient (Wildman–Crippen LogP) is 2.14. The zero-order valence-electron chi connectivity index (χ0n) is 16.8. The number of amides is 1. The molecule has 0 aliphatic carbocycles. The number of pyridine rings is 1. The second-order valence-corrected chi connectivity index (χ2v) is 8.06. The number of nitrogens with zero attached hydrogens (tertiary/aromatic N) is 6. The molecule has 7 nitrogen and oxygen atoms in total. The van der Waals surface area contributed by atoms with Gasteiger partial charge in [-0.3, -0.25) is 14.7 Å². The zero-order valence-corrected chi connectivity index (χ0v) is 16.8. The van der Waals surface area contributed by atoms with Gasteiger partial charge in [-0.25, -0.2) is 0 Å². The summed E-state index contributed by atoms with van der Waals surface area (Å²) in [5.74, 6) is 2.71. The Balaban J connectivity index is 1.31. The molecular formula is C21H30N6O. The van der Waals surface area contributed by atoms with Crippen LogP contribution in [0.4, 0.5) is 0 Å². The van der Waals surface area contributed by atoms with E-state index in [0.29, 0.717) is 12.3 Å². The molecule has 0 bridgehead atoms. The number of carbonyl (C=O) groups is 1. The number of aromatic nitrogens is 4. The lowest BCUT2D eigenvalue weighted by Crippen LogP contribution is -2.39. The van der Waals surface area contributed by atoms with Crippen LogP contribution >= 0.6 is 0 Å². The Morgan fingerprint density at radius 1 is 1.11 bits per heavy atom. The molecule has 0 saturated carbocycles. The highest BCUT2D eigenvalue weighted by Crippen LogP contribution is 2.27. The van der Waals surface area contributed by atoms with Gasteiger partial charge in [0.05, 0.1) is 13.0 Å². The van der Waals surface area contributed by atoms with Crippen molar-refractivity contribution in [2.75, 3.05) is 26.2 Å². The summed E-state index contributed by atoms with van der Waals surface area (Å²) in [4.78, 5) is 21.1. The highest BCUT2D eigenvalue weighted by molar-refractivity contribution is 5.78. The fourth-order valence-corrected chi connectivity index (χ4v) is 4.36. The second kappa shape index (κ2) is 8.82. The van der Waals surface area contributed by atoms with Gasteiger partial charge in [0.15, 0.2) is 0 Å². The molecule has 2 aliphatic rings. The first-order chi connectivity index (χ1) is 13.7. The predicted molar refractivity (Wildman–Crippen MR) is 107 cm³/mol. The first-order valence-corrected chi connectivity index (χ1v) is 10.5. The Morgan fingerprint density at radius 2 is 1.89 bits per heavy atom. The molecular weight excluding hydrogens is 352 g/mol. The quantitative estimate of drug-likeness (QED) is 0.793. The van der Waals surface area contributed by atoms with Crippen molar-refractivity contribution in [3.8, 4) is 0 Å². The molecule has 1 amide bonds. The lowest BCUT2D eigenvalue weighted by Gasteiger charge is -2.31. The molecule has 28 heavy (non-hydrogen) atoms. The third kappa shape index (κ3) is 4.41. The van der Waals surface area contributed by atoms with Gasteiger partial charge in [0.1, 0.15) is 11.6 Å². The van der Waals surface area contributed by atoms with Gasteiger partial charge in [-0.05, 0) is 50.4 Å². The van der Waals surface area contributed by atoms with Crippen LogP contribution in [-0.2, 0) is 24.8 Å². The van der Waals surface area contributed by atoms with Crippen LogP contribution in [-0.4, -0.2) is 61.6 Å². The lowest BCUT2D eigenvalue weighted by molar-refractivity contribution is -0.131. The maximum atomic E-state index is 12.6. The minimum absolute atomic E-state index is 0.190. The molecule has 0 aromatic carbocycles. The zero-order chi connectivity index (χ0) is 19.3. The monoisotopic (exact) mass is 382 g/mol. The number of rotatable bonds is 5. The Labute approximate surface area is 166 Å². The highest BCUT2D eigenvalue weighted by Gasteiger charge is 2.27. The van der Waals surface area contributed by atoms with Gasteiger partial charge in [-0.1, -0.05) is 12.5 Å². The summed E-state index contributed by atoms with van der Waals surface area (Å²) in [6.07, 6.45) is 9.77. The van der Waals surface area contributed by atoms with Crippen LogP contribution in [0.25, 0.3) is 0 Å². The van der Waals surface area contributed by atoms with Gasteiger partial charge in [0.2, 0.25) is 5.91 Å². The van der Waals surface area contributed by atoms with Crippen LogP contribution in [0, 0.1) is 0 Å².